The molecule has 1 aliphatic heterocycles. The molecule has 0 amide bonds. The van der Waals surface area contributed by atoms with E-state index < -0.39 is 44.2 Å². The van der Waals surface area contributed by atoms with Crippen molar-refractivity contribution in [1.82, 2.24) is 0 Å². The van der Waals surface area contributed by atoms with E-state index in [-0.39, 0.29) is 10.5 Å². The van der Waals surface area contributed by atoms with Gasteiger partial charge in [0.05, 0.1) is 27.4 Å². The van der Waals surface area contributed by atoms with Crippen LogP contribution in [0.1, 0.15) is 16.7 Å². The summed E-state index contributed by atoms with van der Waals surface area (Å²) in [5, 5.41) is 1.58. The minimum atomic E-state index is -4.40. The van der Waals surface area contributed by atoms with Crippen LogP contribution in [-0.4, -0.2) is 18.5 Å². The third-order valence-electron chi connectivity index (χ3n) is 4.46. The van der Waals surface area contributed by atoms with Crippen molar-refractivity contribution in [2.75, 3.05) is 0 Å². The van der Waals surface area contributed by atoms with Crippen LogP contribution < -0.4 is 0 Å². The maximum atomic E-state index is 13.7. The Morgan fingerprint density at radius 3 is 2.11 bits per heavy atom. The lowest BCUT2D eigenvalue weighted by atomic mass is 10.1. The number of alkyl halides is 3. The second kappa shape index (κ2) is 10.6. The van der Waals surface area contributed by atoms with Crippen LogP contribution in [0.25, 0.3) is 5.70 Å². The monoisotopic (exact) mass is 528 g/mol. The molecule has 3 aromatic carbocycles. The van der Waals surface area contributed by atoms with Crippen molar-refractivity contribution in [2.24, 2.45) is 9.36 Å². The lowest BCUT2D eigenvalue weighted by Crippen LogP contribution is -2.03. The van der Waals surface area contributed by atoms with Crippen LogP contribution >= 0.6 is 0 Å². The molecule has 3 aromatic rings. The fourth-order valence-electron chi connectivity index (χ4n) is 2.71. The van der Waals surface area contributed by atoms with Gasteiger partial charge in [-0.3, -0.25) is 4.55 Å². The van der Waals surface area contributed by atoms with Gasteiger partial charge in [-0.15, -0.1) is 0 Å². The molecule has 184 valence electrons. The van der Waals surface area contributed by atoms with E-state index in [2.05, 4.69) is 9.36 Å². The van der Waals surface area contributed by atoms with Crippen LogP contribution in [0.5, 0.6) is 0 Å². The Labute approximate surface area is 200 Å². The average Bonchev–Trinajstić information content (AvgIpc) is 3.21. The summed E-state index contributed by atoms with van der Waals surface area (Å²) in [4.78, 5) is 3.98. The van der Waals surface area contributed by atoms with Gasteiger partial charge in [-0.1, -0.05) is 17.7 Å². The summed E-state index contributed by atoms with van der Waals surface area (Å²) in [5.74, 6) is -1.43. The van der Waals surface area contributed by atoms with Crippen molar-refractivity contribution in [1.29, 1.82) is 0 Å². The maximum absolute atomic E-state index is 13.7. The average molecular weight is 529 g/mol. The number of benzene rings is 3. The van der Waals surface area contributed by atoms with E-state index in [0.717, 1.165) is 29.8 Å². The number of halogens is 5. The van der Waals surface area contributed by atoms with Crippen LogP contribution in [0.3, 0.4) is 0 Å². The molecule has 0 spiro atoms. The molecular weight excluding hydrogens is 511 g/mol. The van der Waals surface area contributed by atoms with E-state index in [0.29, 0.717) is 11.4 Å². The summed E-state index contributed by atoms with van der Waals surface area (Å²) < 4.78 is 98.0. The van der Waals surface area contributed by atoms with E-state index in [1.54, 1.807) is 17.5 Å². The van der Waals surface area contributed by atoms with Crippen LogP contribution in [0, 0.1) is 18.6 Å². The molecule has 0 fully saturated rings. The van der Waals surface area contributed by atoms with Gasteiger partial charge in [0, 0.05) is 17.0 Å². The van der Waals surface area contributed by atoms with Gasteiger partial charge < -0.3 is 0 Å². The van der Waals surface area contributed by atoms with Crippen LogP contribution in [0.4, 0.5) is 27.6 Å². The quantitative estimate of drug-likeness (QED) is 0.304. The Morgan fingerprint density at radius 1 is 0.943 bits per heavy atom. The fourth-order valence-corrected chi connectivity index (χ4v) is 4.35. The Bertz CT molecular complexity index is 1420. The molecule has 5 nitrogen and oxygen atoms in total. The van der Waals surface area contributed by atoms with Gasteiger partial charge in [0.1, 0.15) is 11.6 Å². The van der Waals surface area contributed by atoms with Crippen molar-refractivity contribution in [3.8, 4) is 0 Å². The van der Waals surface area contributed by atoms with Gasteiger partial charge in [0.15, 0.2) is 0 Å². The molecular formula is C23H17F5N2O3S2. The van der Waals surface area contributed by atoms with Crippen LogP contribution in [-0.2, 0) is 27.0 Å². The zero-order valence-electron chi connectivity index (χ0n) is 17.9. The van der Waals surface area contributed by atoms with Crippen molar-refractivity contribution < 1.29 is 34.9 Å². The summed E-state index contributed by atoms with van der Waals surface area (Å²) in [6, 6.07) is 13.6. The van der Waals surface area contributed by atoms with Crippen LogP contribution in [0.15, 0.2) is 86.4 Å². The normalized spacial score (nSPS) is 15.5. The third kappa shape index (κ3) is 7.38. The summed E-state index contributed by atoms with van der Waals surface area (Å²) in [7, 11) is -4.84. The van der Waals surface area contributed by atoms with Gasteiger partial charge in [0.2, 0.25) is 0 Å². The van der Waals surface area contributed by atoms with E-state index in [1.165, 1.54) is 35.9 Å². The molecule has 0 aromatic heterocycles. The topological polar surface area (TPSA) is 79.1 Å². The highest BCUT2D eigenvalue weighted by Gasteiger charge is 2.29. The molecule has 1 heterocycles. The van der Waals surface area contributed by atoms with Crippen LogP contribution in [0.2, 0.25) is 0 Å². The largest absolute Gasteiger partial charge is 0.416 e. The molecule has 1 N–H and O–H groups in total. The summed E-state index contributed by atoms with van der Waals surface area (Å²) in [5.41, 5.74) is 2.48. The van der Waals surface area contributed by atoms with Crippen molar-refractivity contribution in [3.63, 3.8) is 0 Å². The zero-order chi connectivity index (χ0) is 25.8. The van der Waals surface area contributed by atoms with E-state index in [9.17, 15) is 30.4 Å². The molecule has 0 bridgehead atoms. The second-order valence-electron chi connectivity index (χ2n) is 7.13. The minimum absolute atomic E-state index is 0.0666. The smallest absolute Gasteiger partial charge is 0.282 e. The van der Waals surface area contributed by atoms with Crippen molar-refractivity contribution in [2.45, 2.75) is 18.0 Å². The highest BCUT2D eigenvalue weighted by molar-refractivity contribution is 8.03. The number of nitrogens with zero attached hydrogens (tertiary/aromatic N) is 2. The molecule has 1 unspecified atom stereocenters. The Kier molecular flexibility index (Phi) is 7.98. The first-order chi connectivity index (χ1) is 16.3. The number of hydrogen-bond acceptors (Lipinski definition) is 4. The predicted molar refractivity (Wildman–Crippen MR) is 125 cm³/mol. The summed E-state index contributed by atoms with van der Waals surface area (Å²) >= 11 is 0. The first-order valence-corrected chi connectivity index (χ1v) is 12.4. The van der Waals surface area contributed by atoms with Gasteiger partial charge >= 0.3 is 6.18 Å². The fraction of sp³-hybridized carbons (Fsp3) is 0.0870. The third-order valence-corrected chi connectivity index (χ3v) is 6.54. The van der Waals surface area contributed by atoms with Gasteiger partial charge in [0.25, 0.3) is 10.1 Å². The van der Waals surface area contributed by atoms with Gasteiger partial charge in [-0.05, 0) is 66.1 Å². The standard InChI is InChI=1S/C16H9F5N2S.C7H8O3S/c17-11-3-6-13(14(18)7-11)15-8-24(9-22-15)23-12-4-1-10(2-5-12)16(19,20)21;1-6-2-4-7(5-3-6)11(8,9)10/h1-9H;2-5H,1H3,(H,8,9,10). The van der Waals surface area contributed by atoms with E-state index >= 15 is 0 Å². The molecule has 0 aliphatic carbocycles. The first-order valence-electron chi connectivity index (χ1n) is 9.69. The Balaban J connectivity index is 0.000000261. The van der Waals surface area contributed by atoms with Crippen molar-refractivity contribution >= 4 is 37.7 Å². The Morgan fingerprint density at radius 2 is 1.57 bits per heavy atom. The molecule has 0 radical (unpaired) electrons. The lowest BCUT2D eigenvalue weighted by molar-refractivity contribution is -0.137. The molecule has 1 aliphatic rings. The molecule has 12 heteroatoms. The molecule has 4 rings (SSSR count). The van der Waals surface area contributed by atoms with Gasteiger partial charge in [-0.25, -0.2) is 18.1 Å². The predicted octanol–water partition coefficient (Wildman–Crippen LogP) is 6.70. The number of rotatable bonds is 3. The molecule has 1 atom stereocenters. The highest BCUT2D eigenvalue weighted by Crippen LogP contribution is 2.31. The second-order valence-corrected chi connectivity index (χ2v) is 9.88. The number of aliphatic imine (C=N–C) groups is 1. The van der Waals surface area contributed by atoms with Crippen molar-refractivity contribution in [3.05, 3.63) is 100 Å². The Hall–Kier alpha value is -3.22. The maximum Gasteiger partial charge on any atom is 0.416 e. The first kappa shape index (κ1) is 26.4. The SMILES string of the molecule is Cc1ccc(S(=O)(=O)O)cc1.Fc1ccc(C2=CS(=Nc3ccc(C(F)(F)F)cc3)C=N2)c(F)c1. The number of hydrogen-bond donors (Lipinski definition) is 1. The minimum Gasteiger partial charge on any atom is -0.282 e. The van der Waals surface area contributed by atoms with E-state index in [4.69, 9.17) is 4.55 Å². The summed E-state index contributed by atoms with van der Waals surface area (Å²) in [6.07, 6.45) is -4.40. The zero-order valence-corrected chi connectivity index (χ0v) is 19.5. The number of aryl methyl sites for hydroxylation is 1. The summed E-state index contributed by atoms with van der Waals surface area (Å²) in [6.45, 7) is 1.84. The molecule has 35 heavy (non-hydrogen) atoms. The lowest BCUT2D eigenvalue weighted by Gasteiger charge is -2.05. The van der Waals surface area contributed by atoms with E-state index in [1.807, 2.05) is 6.92 Å². The highest BCUT2D eigenvalue weighted by atomic mass is 32.2. The molecule has 0 saturated heterocycles. The molecule has 0 saturated carbocycles. The van der Waals surface area contributed by atoms with Gasteiger partial charge in [-0.2, -0.15) is 21.6 Å².